The van der Waals surface area contributed by atoms with Gasteiger partial charge in [-0.2, -0.15) is 0 Å². The Morgan fingerprint density at radius 2 is 1.84 bits per heavy atom. The van der Waals surface area contributed by atoms with Gasteiger partial charge in [-0.25, -0.2) is 4.99 Å². The van der Waals surface area contributed by atoms with Crippen LogP contribution in [0.2, 0.25) is 0 Å². The number of nitro benzene ring substituents is 1. The molecule has 0 N–H and O–H groups in total. The van der Waals surface area contributed by atoms with E-state index in [1.165, 1.54) is 30.4 Å². The van der Waals surface area contributed by atoms with E-state index in [-0.39, 0.29) is 17.0 Å². The zero-order valence-electron chi connectivity index (χ0n) is 20.1. The number of carbonyl (C=O) groups is 1. The zero-order chi connectivity index (χ0) is 26.3. The Kier molecular flexibility index (Phi) is 6.18. The SMILES string of the molecule is COc1ccc([C@@H]2C(C(C)=O)=C(C)N=c3sc(=Cc4ccc(-c5ccc([N+](=O)[O-])cc5)o4)c(=O)n32)cc1. The standard InChI is InChI=1S/C27H21N3O6S/c1-15-24(16(2)31)25(18-6-10-20(35-3)11-7-18)29-26(32)23(37-27(29)28-15)14-21-12-13-22(36-21)17-4-8-19(9-5-17)30(33)34/h4-14,25H,1-3H3/t25-/m1/s1. The predicted molar refractivity (Wildman–Crippen MR) is 138 cm³/mol. The van der Waals surface area contributed by atoms with Crippen LogP contribution in [0.5, 0.6) is 5.75 Å². The average Bonchev–Trinajstić information content (AvgIpc) is 3.47. The molecule has 3 heterocycles. The number of benzene rings is 2. The molecular weight excluding hydrogens is 494 g/mol. The van der Waals surface area contributed by atoms with E-state index in [9.17, 15) is 19.7 Å². The second kappa shape index (κ2) is 9.47. The highest BCUT2D eigenvalue weighted by atomic mass is 32.1. The number of ether oxygens (including phenoxy) is 1. The van der Waals surface area contributed by atoms with Crippen molar-refractivity contribution in [2.45, 2.75) is 19.9 Å². The summed E-state index contributed by atoms with van der Waals surface area (Å²) in [6.07, 6.45) is 1.64. The van der Waals surface area contributed by atoms with E-state index < -0.39 is 11.0 Å². The van der Waals surface area contributed by atoms with Crippen molar-refractivity contribution in [1.29, 1.82) is 0 Å². The van der Waals surface area contributed by atoms with Gasteiger partial charge in [0.1, 0.15) is 17.3 Å². The number of nitro groups is 1. The lowest BCUT2D eigenvalue weighted by atomic mass is 9.93. The number of fused-ring (bicyclic) bond motifs is 1. The van der Waals surface area contributed by atoms with Crippen LogP contribution in [0, 0.1) is 10.1 Å². The highest BCUT2D eigenvalue weighted by Crippen LogP contribution is 2.31. The largest absolute Gasteiger partial charge is 0.497 e. The highest BCUT2D eigenvalue weighted by Gasteiger charge is 2.30. The monoisotopic (exact) mass is 515 g/mol. The normalized spacial score (nSPS) is 15.3. The summed E-state index contributed by atoms with van der Waals surface area (Å²) in [5.74, 6) is 1.47. The maximum Gasteiger partial charge on any atom is 0.271 e. The quantitative estimate of drug-likeness (QED) is 0.283. The minimum atomic E-state index is -0.617. The fourth-order valence-electron chi connectivity index (χ4n) is 4.33. The maximum atomic E-state index is 13.6. The summed E-state index contributed by atoms with van der Waals surface area (Å²) < 4.78 is 13.1. The van der Waals surface area contributed by atoms with Crippen molar-refractivity contribution in [3.05, 3.63) is 113 Å². The molecule has 0 bridgehead atoms. The van der Waals surface area contributed by atoms with Crippen LogP contribution >= 0.6 is 11.3 Å². The molecule has 1 atom stereocenters. The van der Waals surface area contributed by atoms with Crippen molar-refractivity contribution in [2.24, 2.45) is 4.99 Å². The minimum absolute atomic E-state index is 0.0109. The molecule has 10 heteroatoms. The molecule has 4 aromatic rings. The third-order valence-corrected chi connectivity index (χ3v) is 7.08. The van der Waals surface area contributed by atoms with Crippen molar-refractivity contribution in [3.63, 3.8) is 0 Å². The summed E-state index contributed by atoms with van der Waals surface area (Å²) in [4.78, 5) is 41.7. The first-order chi connectivity index (χ1) is 17.8. The van der Waals surface area contributed by atoms with Gasteiger partial charge in [0.2, 0.25) is 0 Å². The van der Waals surface area contributed by atoms with Crippen LogP contribution in [0.1, 0.15) is 31.2 Å². The minimum Gasteiger partial charge on any atom is -0.497 e. The molecule has 0 saturated carbocycles. The number of non-ortho nitro benzene ring substituents is 1. The lowest BCUT2D eigenvalue weighted by Crippen LogP contribution is -2.39. The summed E-state index contributed by atoms with van der Waals surface area (Å²) >= 11 is 1.21. The molecule has 5 rings (SSSR count). The van der Waals surface area contributed by atoms with Crippen LogP contribution in [0.4, 0.5) is 5.69 Å². The van der Waals surface area contributed by atoms with E-state index >= 15 is 0 Å². The van der Waals surface area contributed by atoms with Gasteiger partial charge in [0.05, 0.1) is 22.6 Å². The van der Waals surface area contributed by atoms with E-state index in [2.05, 4.69) is 4.99 Å². The molecule has 0 radical (unpaired) electrons. The number of nitrogens with zero attached hydrogens (tertiary/aromatic N) is 3. The lowest BCUT2D eigenvalue weighted by Gasteiger charge is -2.24. The number of Topliss-reactive ketones (excluding diaryl/α,β-unsaturated/α-hetero) is 1. The van der Waals surface area contributed by atoms with Crippen molar-refractivity contribution >= 4 is 28.9 Å². The van der Waals surface area contributed by atoms with Crippen molar-refractivity contribution in [3.8, 4) is 17.1 Å². The van der Waals surface area contributed by atoms with Gasteiger partial charge >= 0.3 is 0 Å². The topological polar surface area (TPSA) is 117 Å². The molecule has 0 amide bonds. The molecule has 186 valence electrons. The number of furan rings is 1. The van der Waals surface area contributed by atoms with Gasteiger partial charge in [0, 0.05) is 35.0 Å². The van der Waals surface area contributed by atoms with Gasteiger partial charge in [-0.1, -0.05) is 23.5 Å². The molecule has 0 aliphatic carbocycles. The molecule has 0 unspecified atom stereocenters. The number of hydrogen-bond donors (Lipinski definition) is 0. The molecule has 37 heavy (non-hydrogen) atoms. The van der Waals surface area contributed by atoms with Crippen molar-refractivity contribution in [2.75, 3.05) is 7.11 Å². The molecule has 9 nitrogen and oxygen atoms in total. The van der Waals surface area contributed by atoms with Gasteiger partial charge in [-0.15, -0.1) is 0 Å². The van der Waals surface area contributed by atoms with E-state index in [0.29, 0.717) is 43.4 Å². The van der Waals surface area contributed by atoms with E-state index in [1.807, 2.05) is 12.1 Å². The van der Waals surface area contributed by atoms with E-state index in [1.54, 1.807) is 61.1 Å². The van der Waals surface area contributed by atoms with Gasteiger partial charge < -0.3 is 9.15 Å². The fourth-order valence-corrected chi connectivity index (χ4v) is 5.36. The lowest BCUT2D eigenvalue weighted by molar-refractivity contribution is -0.384. The number of methoxy groups -OCH3 is 1. The zero-order valence-corrected chi connectivity index (χ0v) is 20.9. The van der Waals surface area contributed by atoms with Gasteiger partial charge in [-0.3, -0.25) is 24.3 Å². The first-order valence-corrected chi connectivity index (χ1v) is 12.1. The van der Waals surface area contributed by atoms with E-state index in [4.69, 9.17) is 9.15 Å². The van der Waals surface area contributed by atoms with Gasteiger partial charge in [0.15, 0.2) is 10.6 Å². The van der Waals surface area contributed by atoms with Crippen molar-refractivity contribution in [1.82, 2.24) is 4.57 Å². The van der Waals surface area contributed by atoms with Crippen LogP contribution in [0.25, 0.3) is 17.4 Å². The maximum absolute atomic E-state index is 13.6. The van der Waals surface area contributed by atoms with Crippen LogP contribution in [0.15, 0.2) is 86.1 Å². The third-order valence-electron chi connectivity index (χ3n) is 6.10. The molecule has 2 aromatic heterocycles. The van der Waals surface area contributed by atoms with Gasteiger partial charge in [-0.05, 0) is 55.8 Å². The summed E-state index contributed by atoms with van der Waals surface area (Å²) in [6, 6.07) is 16.1. The average molecular weight is 516 g/mol. The Morgan fingerprint density at radius 1 is 1.14 bits per heavy atom. The van der Waals surface area contributed by atoms with Crippen LogP contribution in [-0.4, -0.2) is 22.4 Å². The van der Waals surface area contributed by atoms with Gasteiger partial charge in [0.25, 0.3) is 11.2 Å². The second-order valence-corrected chi connectivity index (χ2v) is 9.43. The Balaban J connectivity index is 1.59. The highest BCUT2D eigenvalue weighted by molar-refractivity contribution is 7.07. The number of carbonyl (C=O) groups excluding carboxylic acids is 1. The molecule has 0 fully saturated rings. The number of ketones is 1. The molecule has 0 spiro atoms. The Labute approximate surface area is 214 Å². The molecule has 1 aliphatic heterocycles. The molecule has 1 aliphatic rings. The van der Waals surface area contributed by atoms with E-state index in [0.717, 1.165) is 5.56 Å². The Morgan fingerprint density at radius 3 is 2.46 bits per heavy atom. The van der Waals surface area contributed by atoms with Crippen LogP contribution in [-0.2, 0) is 4.79 Å². The van der Waals surface area contributed by atoms with Crippen LogP contribution < -0.4 is 19.6 Å². The smallest absolute Gasteiger partial charge is 0.271 e. The summed E-state index contributed by atoms with van der Waals surface area (Å²) in [6.45, 7) is 3.25. The summed E-state index contributed by atoms with van der Waals surface area (Å²) in [5, 5.41) is 10.9. The second-order valence-electron chi connectivity index (χ2n) is 8.42. The number of thiazole rings is 1. The Bertz CT molecular complexity index is 1740. The summed E-state index contributed by atoms with van der Waals surface area (Å²) in [7, 11) is 1.57. The van der Waals surface area contributed by atoms with Crippen LogP contribution in [0.3, 0.4) is 0 Å². The first-order valence-electron chi connectivity index (χ1n) is 11.3. The Hall–Kier alpha value is -4.57. The fraction of sp³-hybridized carbons (Fsp3) is 0.148. The van der Waals surface area contributed by atoms with Crippen molar-refractivity contribution < 1.29 is 18.9 Å². The molecule has 2 aromatic carbocycles. The molecular formula is C27H21N3O6S. The number of rotatable bonds is 6. The third kappa shape index (κ3) is 4.43. The molecule has 0 saturated heterocycles. The number of aromatic nitrogens is 1. The summed E-state index contributed by atoms with van der Waals surface area (Å²) in [5.41, 5.74) is 2.17. The predicted octanol–water partition coefficient (Wildman–Crippen LogP) is 4.00. The number of allylic oxidation sites excluding steroid dienone is 2. The first kappa shape index (κ1) is 24.1. The number of hydrogen-bond acceptors (Lipinski definition) is 8.